The lowest BCUT2D eigenvalue weighted by atomic mass is 10.1. The maximum atomic E-state index is 14.0. The second-order valence-corrected chi connectivity index (χ2v) is 12.8. The Hall–Kier alpha value is -3.34. The van der Waals surface area contributed by atoms with Gasteiger partial charge in [0.05, 0.1) is 15.3 Å². The van der Waals surface area contributed by atoms with Crippen LogP contribution in [-0.2, 0) is 20.9 Å². The molecule has 1 aromatic carbocycles. The Bertz CT molecular complexity index is 1350. The first-order valence-electron chi connectivity index (χ1n) is 12.8. The van der Waals surface area contributed by atoms with Crippen LogP contribution in [-0.4, -0.2) is 52.1 Å². The van der Waals surface area contributed by atoms with Crippen LogP contribution in [0.5, 0.6) is 0 Å². The van der Waals surface area contributed by atoms with Gasteiger partial charge >= 0.3 is 6.09 Å². The summed E-state index contributed by atoms with van der Waals surface area (Å²) in [6.07, 6.45) is 3.18. The molecule has 11 heteroatoms. The van der Waals surface area contributed by atoms with Gasteiger partial charge in [-0.2, -0.15) is 0 Å². The summed E-state index contributed by atoms with van der Waals surface area (Å²) in [5, 5.41) is 2.78. The predicted molar refractivity (Wildman–Crippen MR) is 149 cm³/mol. The molecule has 0 saturated carbocycles. The fourth-order valence-corrected chi connectivity index (χ4v) is 5.16. The van der Waals surface area contributed by atoms with E-state index >= 15 is 0 Å². The van der Waals surface area contributed by atoms with Crippen molar-refractivity contribution in [2.24, 2.45) is 4.36 Å². The Labute approximate surface area is 229 Å². The number of anilines is 2. The molecule has 1 aliphatic heterocycles. The van der Waals surface area contributed by atoms with Gasteiger partial charge in [0.1, 0.15) is 11.4 Å². The van der Waals surface area contributed by atoms with E-state index in [-0.39, 0.29) is 36.3 Å². The lowest BCUT2D eigenvalue weighted by molar-refractivity contribution is -0.0102. The minimum Gasteiger partial charge on any atom is -0.442 e. The van der Waals surface area contributed by atoms with E-state index in [1.165, 1.54) is 12.3 Å². The molecule has 1 unspecified atom stereocenters. The lowest BCUT2D eigenvalue weighted by Gasteiger charge is -2.24. The molecule has 1 atom stereocenters. The van der Waals surface area contributed by atoms with Crippen LogP contribution in [0.3, 0.4) is 0 Å². The topological polar surface area (TPSA) is 101 Å². The third-order valence-corrected chi connectivity index (χ3v) is 7.60. The molecule has 39 heavy (non-hydrogen) atoms. The first-order valence-corrected chi connectivity index (χ1v) is 14.7. The number of allylic oxidation sites excluding steroid dienone is 1. The zero-order valence-corrected chi connectivity index (χ0v) is 23.7. The number of amides is 2. The van der Waals surface area contributed by atoms with Gasteiger partial charge in [0.2, 0.25) is 5.92 Å². The Morgan fingerprint density at radius 1 is 1.23 bits per heavy atom. The number of aryl methyl sites for hydroxylation is 1. The summed E-state index contributed by atoms with van der Waals surface area (Å²) in [6, 6.07) is 9.61. The van der Waals surface area contributed by atoms with Crippen molar-refractivity contribution in [2.45, 2.75) is 69.3 Å². The van der Waals surface area contributed by atoms with E-state index in [4.69, 9.17) is 4.74 Å². The van der Waals surface area contributed by atoms with Crippen LogP contribution in [0.25, 0.3) is 0 Å². The quantitative estimate of drug-likeness (QED) is 0.388. The van der Waals surface area contributed by atoms with E-state index in [0.29, 0.717) is 30.9 Å². The van der Waals surface area contributed by atoms with E-state index < -0.39 is 33.3 Å². The third kappa shape index (κ3) is 8.84. The largest absolute Gasteiger partial charge is 0.442 e. The van der Waals surface area contributed by atoms with Crippen LogP contribution in [0, 0.1) is 0 Å². The Kier molecular flexibility index (Phi) is 9.47. The van der Waals surface area contributed by atoms with Crippen molar-refractivity contribution >= 4 is 33.2 Å². The first kappa shape index (κ1) is 30.2. The second-order valence-electron chi connectivity index (χ2n) is 10.6. The highest BCUT2D eigenvalue weighted by atomic mass is 32.2. The third-order valence-electron chi connectivity index (χ3n) is 5.97. The average molecular weight is 563 g/mol. The number of carbonyl (C=O) groups is 2. The number of rotatable bonds is 7. The van der Waals surface area contributed by atoms with Crippen molar-refractivity contribution in [3.8, 4) is 0 Å². The zero-order valence-electron chi connectivity index (χ0n) is 22.8. The first-order chi connectivity index (χ1) is 18.2. The molecular weight excluding hydrogens is 526 g/mol. The summed E-state index contributed by atoms with van der Waals surface area (Å²) in [7, 11) is -3.16. The molecule has 3 rings (SSSR count). The Balaban J connectivity index is 1.90. The standard InChI is InChI=1S/C28H36F2N4O4S/c1-6-7-10-20-13-14-23(24(31-20)34-17-9-15-28(29,30)16-18-34)25(35)32-21-11-8-12-22(19-21)39(5,37)33-26(36)38-27(2,3)4/h6,8,11-14,19H,1,7,9-10,15-18H2,2-5H3,(H,32,35). The SMILES string of the molecule is C=CCCc1ccc(C(=O)Nc2cccc(S(C)(=O)=NC(=O)OC(C)(C)C)c2)c(N2CCCC(F)(F)CC2)n1. The maximum absolute atomic E-state index is 14.0. The number of hydrogen-bond donors (Lipinski definition) is 1. The van der Waals surface area contributed by atoms with Gasteiger partial charge in [-0.1, -0.05) is 12.1 Å². The molecule has 212 valence electrons. The molecule has 0 aliphatic carbocycles. The highest BCUT2D eigenvalue weighted by molar-refractivity contribution is 7.93. The molecule has 0 bridgehead atoms. The van der Waals surface area contributed by atoms with Crippen molar-refractivity contribution in [1.29, 1.82) is 0 Å². The van der Waals surface area contributed by atoms with E-state index in [1.807, 2.05) is 0 Å². The number of halogens is 2. The minimum atomic E-state index is -3.16. The molecule has 2 aromatic rings. The van der Waals surface area contributed by atoms with Gasteiger partial charge in [0.25, 0.3) is 5.91 Å². The molecule has 0 spiro atoms. The molecule has 1 N–H and O–H groups in total. The molecule has 1 saturated heterocycles. The molecule has 1 fully saturated rings. The van der Waals surface area contributed by atoms with E-state index in [2.05, 4.69) is 21.2 Å². The summed E-state index contributed by atoms with van der Waals surface area (Å²) in [5.74, 6) is -2.90. The lowest BCUT2D eigenvalue weighted by Crippen LogP contribution is -2.29. The number of benzene rings is 1. The van der Waals surface area contributed by atoms with Crippen molar-refractivity contribution < 1.29 is 27.3 Å². The molecule has 2 heterocycles. The highest BCUT2D eigenvalue weighted by Crippen LogP contribution is 2.31. The van der Waals surface area contributed by atoms with Crippen LogP contribution in [0.2, 0.25) is 0 Å². The average Bonchev–Trinajstić information content (AvgIpc) is 3.01. The number of alkyl halides is 2. The van der Waals surface area contributed by atoms with Gasteiger partial charge in [-0.25, -0.2) is 22.8 Å². The predicted octanol–water partition coefficient (Wildman–Crippen LogP) is 6.47. The number of nitrogens with zero attached hydrogens (tertiary/aromatic N) is 3. The number of pyridine rings is 1. The van der Waals surface area contributed by atoms with Crippen molar-refractivity contribution in [3.05, 3.63) is 60.3 Å². The number of hydrogen-bond acceptors (Lipinski definition) is 6. The highest BCUT2D eigenvalue weighted by Gasteiger charge is 2.33. The molecule has 1 aliphatic rings. The van der Waals surface area contributed by atoms with Crippen LogP contribution in [0.1, 0.15) is 62.5 Å². The van der Waals surface area contributed by atoms with Crippen LogP contribution >= 0.6 is 0 Å². The Morgan fingerprint density at radius 3 is 2.67 bits per heavy atom. The maximum Gasteiger partial charge on any atom is 0.442 e. The number of ether oxygens (including phenoxy) is 1. The van der Waals surface area contributed by atoms with E-state index in [9.17, 15) is 22.6 Å². The smallest absolute Gasteiger partial charge is 0.442 e. The van der Waals surface area contributed by atoms with Crippen LogP contribution in [0.15, 0.2) is 58.3 Å². The summed E-state index contributed by atoms with van der Waals surface area (Å²) in [5.41, 5.74) is 0.510. The fraction of sp³-hybridized carbons (Fsp3) is 0.464. The molecular formula is C28H36F2N4O4S. The minimum absolute atomic E-state index is 0.0741. The molecule has 8 nitrogen and oxygen atoms in total. The summed E-state index contributed by atoms with van der Waals surface area (Å²) >= 11 is 0. The van der Waals surface area contributed by atoms with Gasteiger partial charge in [-0.3, -0.25) is 4.79 Å². The summed E-state index contributed by atoms with van der Waals surface area (Å²) in [4.78, 5) is 32.2. The van der Waals surface area contributed by atoms with Crippen LogP contribution < -0.4 is 10.2 Å². The van der Waals surface area contributed by atoms with Crippen molar-refractivity contribution in [2.75, 3.05) is 29.6 Å². The van der Waals surface area contributed by atoms with Crippen molar-refractivity contribution in [1.82, 2.24) is 4.98 Å². The molecule has 0 radical (unpaired) electrons. The number of nitrogens with one attached hydrogen (secondary N) is 1. The number of aromatic nitrogens is 1. The number of carbonyl (C=O) groups excluding carboxylic acids is 2. The zero-order chi connectivity index (χ0) is 28.8. The molecule has 2 amide bonds. The van der Waals surface area contributed by atoms with Gasteiger partial charge in [0.15, 0.2) is 0 Å². The van der Waals surface area contributed by atoms with E-state index in [0.717, 1.165) is 5.69 Å². The summed E-state index contributed by atoms with van der Waals surface area (Å²) < 4.78 is 50.2. The Morgan fingerprint density at radius 2 is 1.97 bits per heavy atom. The second kappa shape index (κ2) is 12.2. The van der Waals surface area contributed by atoms with Gasteiger partial charge in [0, 0.05) is 48.5 Å². The monoisotopic (exact) mass is 562 g/mol. The fourth-order valence-electron chi connectivity index (χ4n) is 4.05. The van der Waals surface area contributed by atoms with Crippen LogP contribution in [0.4, 0.5) is 25.1 Å². The van der Waals surface area contributed by atoms with Crippen molar-refractivity contribution in [3.63, 3.8) is 0 Å². The summed E-state index contributed by atoms with van der Waals surface area (Å²) in [6.45, 7) is 9.20. The van der Waals surface area contributed by atoms with E-state index in [1.54, 1.807) is 62.1 Å². The van der Waals surface area contributed by atoms with Gasteiger partial charge in [-0.05, 0) is 70.4 Å². The normalized spacial score (nSPS) is 16.9. The van der Waals surface area contributed by atoms with Gasteiger partial charge < -0.3 is 15.0 Å². The molecule has 1 aromatic heterocycles. The van der Waals surface area contributed by atoms with Gasteiger partial charge in [-0.15, -0.1) is 10.9 Å².